The van der Waals surface area contributed by atoms with Gasteiger partial charge in [-0.3, -0.25) is 9.59 Å². The van der Waals surface area contributed by atoms with Gasteiger partial charge in [-0.05, 0) is 19.8 Å². The second kappa shape index (κ2) is 6.93. The van der Waals surface area contributed by atoms with Gasteiger partial charge in [0.1, 0.15) is 13.1 Å². The van der Waals surface area contributed by atoms with Gasteiger partial charge in [-0.1, -0.05) is 0 Å². The molecule has 2 atom stereocenters. The van der Waals surface area contributed by atoms with Crippen molar-refractivity contribution in [3.63, 3.8) is 0 Å². The summed E-state index contributed by atoms with van der Waals surface area (Å²) in [4.78, 5) is 33.8. The number of amides is 2. The molecule has 0 radical (unpaired) electrons. The van der Waals surface area contributed by atoms with Crippen LogP contribution in [0.15, 0.2) is 0 Å². The molecule has 2 amide bonds. The highest BCUT2D eigenvalue weighted by molar-refractivity contribution is 5.84. The second-order valence-corrected chi connectivity index (χ2v) is 4.50. The third-order valence-corrected chi connectivity index (χ3v) is 2.75. The van der Waals surface area contributed by atoms with E-state index in [9.17, 15) is 14.4 Å². The third-order valence-electron chi connectivity index (χ3n) is 2.75. The van der Waals surface area contributed by atoms with E-state index in [0.717, 1.165) is 4.90 Å². The monoisotopic (exact) mass is 274 g/mol. The van der Waals surface area contributed by atoms with Crippen molar-refractivity contribution in [1.29, 1.82) is 0 Å². The Kier molecular flexibility index (Phi) is 5.56. The predicted octanol–water partition coefficient (Wildman–Crippen LogP) is -0.265. The van der Waals surface area contributed by atoms with Gasteiger partial charge >= 0.3 is 18.0 Å². The van der Waals surface area contributed by atoms with E-state index >= 15 is 0 Å². The summed E-state index contributed by atoms with van der Waals surface area (Å²) >= 11 is 0. The molecule has 8 heteroatoms. The van der Waals surface area contributed by atoms with E-state index in [0.29, 0.717) is 19.4 Å². The smallest absolute Gasteiger partial charge is 0.323 e. The lowest BCUT2D eigenvalue weighted by Gasteiger charge is -2.30. The van der Waals surface area contributed by atoms with Crippen molar-refractivity contribution in [3.8, 4) is 0 Å². The number of carbonyl (C=O) groups is 3. The fraction of sp³-hybridized carbons (Fsp3) is 0.727. The summed E-state index contributed by atoms with van der Waals surface area (Å²) in [6.45, 7) is 1.11. The fourth-order valence-electron chi connectivity index (χ4n) is 1.92. The number of hydrogen-bond acceptors (Lipinski definition) is 4. The van der Waals surface area contributed by atoms with Crippen LogP contribution in [0.3, 0.4) is 0 Å². The Morgan fingerprint density at radius 1 is 1.26 bits per heavy atom. The molecule has 0 aromatic rings. The number of rotatable bonds is 5. The topological polar surface area (TPSA) is 116 Å². The average Bonchev–Trinajstić information content (AvgIpc) is 2.26. The van der Waals surface area contributed by atoms with Gasteiger partial charge in [0, 0.05) is 12.6 Å². The quantitative estimate of drug-likeness (QED) is 0.635. The van der Waals surface area contributed by atoms with Gasteiger partial charge in [0.05, 0.1) is 6.10 Å². The molecule has 1 fully saturated rings. The summed E-state index contributed by atoms with van der Waals surface area (Å²) in [6, 6.07) is -0.801. The van der Waals surface area contributed by atoms with E-state index < -0.39 is 31.1 Å². The second-order valence-electron chi connectivity index (χ2n) is 4.50. The van der Waals surface area contributed by atoms with Crippen LogP contribution >= 0.6 is 0 Å². The molecule has 1 heterocycles. The summed E-state index contributed by atoms with van der Waals surface area (Å²) < 4.78 is 5.33. The molecule has 1 aliphatic heterocycles. The maximum Gasteiger partial charge on any atom is 0.323 e. The van der Waals surface area contributed by atoms with Crippen molar-refractivity contribution in [2.75, 3.05) is 19.7 Å². The highest BCUT2D eigenvalue weighted by atomic mass is 16.5. The Bertz CT molecular complexity index is 343. The Morgan fingerprint density at radius 2 is 1.84 bits per heavy atom. The van der Waals surface area contributed by atoms with Crippen molar-refractivity contribution in [2.24, 2.45) is 0 Å². The lowest BCUT2D eigenvalue weighted by atomic mass is 10.0. The number of urea groups is 1. The third kappa shape index (κ3) is 5.56. The molecular formula is C11H18N2O6. The molecule has 0 spiro atoms. The van der Waals surface area contributed by atoms with Gasteiger partial charge in [0.25, 0.3) is 0 Å². The minimum absolute atomic E-state index is 0.0199. The fourth-order valence-corrected chi connectivity index (χ4v) is 1.92. The maximum absolute atomic E-state index is 11.8. The van der Waals surface area contributed by atoms with Gasteiger partial charge in [-0.15, -0.1) is 0 Å². The number of aliphatic carboxylic acids is 2. The number of nitrogens with one attached hydrogen (secondary N) is 1. The first-order valence-electron chi connectivity index (χ1n) is 5.99. The molecular weight excluding hydrogens is 256 g/mol. The SMILES string of the molecule is CC1CC(NC(=O)N(CC(=O)O)CC(=O)O)CCO1. The van der Waals surface area contributed by atoms with Gasteiger partial charge < -0.3 is 25.2 Å². The van der Waals surface area contributed by atoms with Gasteiger partial charge in [-0.2, -0.15) is 0 Å². The molecule has 0 saturated carbocycles. The predicted molar refractivity (Wildman–Crippen MR) is 63.8 cm³/mol. The van der Waals surface area contributed by atoms with Crippen LogP contribution in [0, 0.1) is 0 Å². The van der Waals surface area contributed by atoms with E-state index in [1.807, 2.05) is 6.92 Å². The van der Waals surface area contributed by atoms with Gasteiger partial charge in [-0.25, -0.2) is 4.79 Å². The zero-order valence-electron chi connectivity index (χ0n) is 10.7. The van der Waals surface area contributed by atoms with E-state index in [4.69, 9.17) is 14.9 Å². The lowest BCUT2D eigenvalue weighted by molar-refractivity contribution is -0.140. The van der Waals surface area contributed by atoms with E-state index in [-0.39, 0.29) is 12.1 Å². The Labute approximate surface area is 110 Å². The molecule has 0 aromatic heterocycles. The van der Waals surface area contributed by atoms with Crippen LogP contribution in [0.2, 0.25) is 0 Å². The molecule has 1 aliphatic rings. The Balaban J connectivity index is 2.55. The first kappa shape index (κ1) is 15.2. The molecule has 0 aliphatic carbocycles. The zero-order valence-corrected chi connectivity index (χ0v) is 10.7. The van der Waals surface area contributed by atoms with Crippen molar-refractivity contribution in [1.82, 2.24) is 10.2 Å². The van der Waals surface area contributed by atoms with Crippen molar-refractivity contribution in [3.05, 3.63) is 0 Å². The number of carbonyl (C=O) groups excluding carboxylic acids is 1. The Morgan fingerprint density at radius 3 is 2.32 bits per heavy atom. The molecule has 0 aromatic carbocycles. The largest absolute Gasteiger partial charge is 0.480 e. The van der Waals surface area contributed by atoms with Crippen LogP contribution in [-0.2, 0) is 14.3 Å². The van der Waals surface area contributed by atoms with Crippen LogP contribution in [0.25, 0.3) is 0 Å². The van der Waals surface area contributed by atoms with Crippen molar-refractivity contribution >= 4 is 18.0 Å². The molecule has 108 valence electrons. The molecule has 1 saturated heterocycles. The average molecular weight is 274 g/mol. The van der Waals surface area contributed by atoms with Crippen LogP contribution in [0.4, 0.5) is 4.79 Å². The Hall–Kier alpha value is -1.83. The molecule has 2 unspecified atom stereocenters. The normalized spacial score (nSPS) is 22.6. The molecule has 1 rings (SSSR count). The maximum atomic E-state index is 11.8. The van der Waals surface area contributed by atoms with Crippen molar-refractivity contribution in [2.45, 2.75) is 31.9 Å². The lowest BCUT2D eigenvalue weighted by Crippen LogP contribution is -2.50. The molecule has 19 heavy (non-hydrogen) atoms. The van der Waals surface area contributed by atoms with Crippen LogP contribution in [-0.4, -0.2) is 64.9 Å². The summed E-state index contributed by atoms with van der Waals surface area (Å²) in [7, 11) is 0. The van der Waals surface area contributed by atoms with Crippen LogP contribution in [0.5, 0.6) is 0 Å². The molecule has 8 nitrogen and oxygen atoms in total. The number of hydrogen-bond donors (Lipinski definition) is 3. The zero-order chi connectivity index (χ0) is 14.4. The first-order chi connectivity index (χ1) is 8.88. The van der Waals surface area contributed by atoms with E-state index in [1.54, 1.807) is 0 Å². The number of carboxylic acid groups (broad SMARTS) is 2. The first-order valence-corrected chi connectivity index (χ1v) is 5.99. The van der Waals surface area contributed by atoms with Crippen LogP contribution in [0.1, 0.15) is 19.8 Å². The summed E-state index contributed by atoms with van der Waals surface area (Å²) in [6.07, 6.45) is 1.27. The minimum Gasteiger partial charge on any atom is -0.480 e. The molecule has 3 N–H and O–H groups in total. The van der Waals surface area contributed by atoms with Gasteiger partial charge in [0.2, 0.25) is 0 Å². The standard InChI is InChI=1S/C11H18N2O6/c1-7-4-8(2-3-19-7)12-11(18)13(5-9(14)15)6-10(16)17/h7-8H,2-6H2,1H3,(H,12,18)(H,14,15)(H,16,17). The number of carboxylic acids is 2. The minimum atomic E-state index is -1.25. The number of ether oxygens (including phenoxy) is 1. The summed E-state index contributed by atoms with van der Waals surface area (Å²) in [5, 5.41) is 20.0. The highest BCUT2D eigenvalue weighted by Crippen LogP contribution is 2.13. The van der Waals surface area contributed by atoms with Crippen molar-refractivity contribution < 1.29 is 29.3 Å². The highest BCUT2D eigenvalue weighted by Gasteiger charge is 2.25. The summed E-state index contributed by atoms with van der Waals surface area (Å²) in [5.41, 5.74) is 0. The number of nitrogens with zero attached hydrogens (tertiary/aromatic N) is 1. The summed E-state index contributed by atoms with van der Waals surface area (Å²) in [5.74, 6) is -2.51. The van der Waals surface area contributed by atoms with Gasteiger partial charge in [0.15, 0.2) is 0 Å². The molecule has 0 bridgehead atoms. The van der Waals surface area contributed by atoms with E-state index in [2.05, 4.69) is 5.32 Å². The van der Waals surface area contributed by atoms with Crippen LogP contribution < -0.4 is 5.32 Å². The van der Waals surface area contributed by atoms with E-state index in [1.165, 1.54) is 0 Å².